The molecular formula is C24H22O3. The van der Waals surface area contributed by atoms with Crippen molar-refractivity contribution in [2.75, 3.05) is 14.2 Å². The minimum Gasteiger partial charge on any atom is -0.497 e. The maximum absolute atomic E-state index is 11.7. The first kappa shape index (κ1) is 18.5. The minimum absolute atomic E-state index is 0.0214. The highest BCUT2D eigenvalue weighted by atomic mass is 16.5. The second-order valence-electron chi connectivity index (χ2n) is 6.26. The molecule has 3 rings (SSSR count). The van der Waals surface area contributed by atoms with Crippen molar-refractivity contribution < 1.29 is 14.3 Å². The average molecular weight is 358 g/mol. The van der Waals surface area contributed by atoms with Gasteiger partial charge in [0, 0.05) is 11.5 Å². The molecule has 0 aliphatic heterocycles. The maximum Gasteiger partial charge on any atom is 0.128 e. The van der Waals surface area contributed by atoms with Crippen molar-refractivity contribution in [3.8, 4) is 11.5 Å². The van der Waals surface area contributed by atoms with E-state index in [0.717, 1.165) is 28.2 Å². The molecule has 0 radical (unpaired) electrons. The number of allylic oxidation sites excluding steroid dienone is 1. The van der Waals surface area contributed by atoms with Gasteiger partial charge in [-0.15, -0.1) is 0 Å². The average Bonchev–Trinajstić information content (AvgIpc) is 2.75. The van der Waals surface area contributed by atoms with Gasteiger partial charge in [-0.1, -0.05) is 54.6 Å². The molecule has 0 unspecified atom stereocenters. The second-order valence-corrected chi connectivity index (χ2v) is 6.26. The predicted molar refractivity (Wildman–Crippen MR) is 108 cm³/mol. The summed E-state index contributed by atoms with van der Waals surface area (Å²) in [4.78, 5) is 11.7. The normalized spacial score (nSPS) is 10.3. The zero-order valence-corrected chi connectivity index (χ0v) is 15.5. The summed E-state index contributed by atoms with van der Waals surface area (Å²) in [6, 6.07) is 25.6. The van der Waals surface area contributed by atoms with Crippen LogP contribution in [0.25, 0.3) is 5.57 Å². The summed E-state index contributed by atoms with van der Waals surface area (Å²) in [5, 5.41) is 0. The van der Waals surface area contributed by atoms with E-state index in [1.54, 1.807) is 14.2 Å². The lowest BCUT2D eigenvalue weighted by Gasteiger charge is -2.20. The van der Waals surface area contributed by atoms with Crippen LogP contribution in [-0.4, -0.2) is 20.2 Å². The number of hydrogen-bond donors (Lipinski definition) is 0. The Bertz CT molecular complexity index is 893. The first-order valence-corrected chi connectivity index (χ1v) is 8.82. The highest BCUT2D eigenvalue weighted by Gasteiger charge is 2.19. The van der Waals surface area contributed by atoms with Gasteiger partial charge in [-0.2, -0.15) is 0 Å². The van der Waals surface area contributed by atoms with E-state index in [9.17, 15) is 4.79 Å². The number of hydrogen-bond acceptors (Lipinski definition) is 3. The Labute approximate surface area is 159 Å². The summed E-state index contributed by atoms with van der Waals surface area (Å²) in [5.74, 6) is 3.71. The van der Waals surface area contributed by atoms with Crippen molar-refractivity contribution in [2.24, 2.45) is 0 Å². The first-order chi connectivity index (χ1) is 13.2. The van der Waals surface area contributed by atoms with Crippen molar-refractivity contribution in [1.29, 1.82) is 0 Å². The van der Waals surface area contributed by atoms with E-state index in [1.165, 1.54) is 0 Å². The zero-order chi connectivity index (χ0) is 19.1. The van der Waals surface area contributed by atoms with Crippen LogP contribution in [0.2, 0.25) is 0 Å². The summed E-state index contributed by atoms with van der Waals surface area (Å²) in [6.45, 7) is 0. The third kappa shape index (κ3) is 4.46. The van der Waals surface area contributed by atoms with Gasteiger partial charge < -0.3 is 9.47 Å². The van der Waals surface area contributed by atoms with E-state index in [0.29, 0.717) is 12.0 Å². The molecule has 3 nitrogen and oxygen atoms in total. The fourth-order valence-electron chi connectivity index (χ4n) is 3.21. The molecule has 0 fully saturated rings. The second kappa shape index (κ2) is 8.88. The Morgan fingerprint density at radius 1 is 0.815 bits per heavy atom. The fraction of sp³-hybridized carbons (Fsp3) is 0.167. The zero-order valence-electron chi connectivity index (χ0n) is 15.5. The molecule has 136 valence electrons. The van der Waals surface area contributed by atoms with Crippen LogP contribution >= 0.6 is 0 Å². The monoisotopic (exact) mass is 358 g/mol. The quantitative estimate of drug-likeness (QED) is 0.549. The molecule has 3 aromatic carbocycles. The van der Waals surface area contributed by atoms with Gasteiger partial charge >= 0.3 is 0 Å². The van der Waals surface area contributed by atoms with Crippen molar-refractivity contribution in [3.63, 3.8) is 0 Å². The number of benzene rings is 3. The number of rotatable bonds is 7. The highest BCUT2D eigenvalue weighted by molar-refractivity contribution is 5.88. The molecule has 0 bridgehead atoms. The van der Waals surface area contributed by atoms with Gasteiger partial charge in [-0.05, 0) is 47.4 Å². The Kier molecular flexibility index (Phi) is 6.09. The van der Waals surface area contributed by atoms with Crippen LogP contribution in [0.4, 0.5) is 0 Å². The van der Waals surface area contributed by atoms with Crippen LogP contribution in [0, 0.1) is 0 Å². The SMILES string of the molecule is COc1cccc(C(CC(=C=O)c2ccccc2)c2cccc(OC)c2)c1. The van der Waals surface area contributed by atoms with Gasteiger partial charge in [0.05, 0.1) is 14.2 Å². The molecule has 0 saturated carbocycles. The lowest BCUT2D eigenvalue weighted by molar-refractivity contribution is 0.413. The topological polar surface area (TPSA) is 35.5 Å². The van der Waals surface area contributed by atoms with Gasteiger partial charge in [0.1, 0.15) is 17.4 Å². The Balaban J connectivity index is 2.05. The standard InChI is InChI=1S/C24H22O3/c1-26-22-12-6-10-19(14-22)24(20-11-7-13-23(15-20)27-2)16-21(17-25)18-8-4-3-5-9-18/h3-15,24H,16H2,1-2H3. The summed E-state index contributed by atoms with van der Waals surface area (Å²) < 4.78 is 10.8. The molecule has 0 atom stereocenters. The van der Waals surface area contributed by atoms with E-state index in [2.05, 4.69) is 18.1 Å². The first-order valence-electron chi connectivity index (χ1n) is 8.82. The molecule has 0 saturated heterocycles. The summed E-state index contributed by atoms with van der Waals surface area (Å²) in [7, 11) is 3.31. The molecule has 0 spiro atoms. The van der Waals surface area contributed by atoms with Crippen molar-refractivity contribution in [2.45, 2.75) is 12.3 Å². The van der Waals surface area contributed by atoms with E-state index < -0.39 is 0 Å². The van der Waals surface area contributed by atoms with E-state index >= 15 is 0 Å². The van der Waals surface area contributed by atoms with Crippen LogP contribution in [0.3, 0.4) is 0 Å². The summed E-state index contributed by atoms with van der Waals surface area (Å²) in [6.07, 6.45) is 0.536. The number of ether oxygens (including phenoxy) is 2. The molecule has 27 heavy (non-hydrogen) atoms. The maximum atomic E-state index is 11.7. The van der Waals surface area contributed by atoms with Crippen molar-refractivity contribution in [3.05, 3.63) is 95.6 Å². The van der Waals surface area contributed by atoms with Gasteiger partial charge in [-0.25, -0.2) is 4.79 Å². The van der Waals surface area contributed by atoms with Crippen molar-refractivity contribution in [1.82, 2.24) is 0 Å². The largest absolute Gasteiger partial charge is 0.497 e. The molecule has 0 aromatic heterocycles. The lowest BCUT2D eigenvalue weighted by Crippen LogP contribution is -2.04. The van der Waals surface area contributed by atoms with Gasteiger partial charge in [-0.3, -0.25) is 0 Å². The van der Waals surface area contributed by atoms with E-state index in [-0.39, 0.29) is 5.92 Å². The van der Waals surface area contributed by atoms with E-state index in [1.807, 2.05) is 66.7 Å². The van der Waals surface area contributed by atoms with Crippen molar-refractivity contribution >= 4 is 11.5 Å². The van der Waals surface area contributed by atoms with E-state index in [4.69, 9.17) is 9.47 Å². The smallest absolute Gasteiger partial charge is 0.128 e. The molecule has 0 heterocycles. The molecule has 3 heteroatoms. The van der Waals surface area contributed by atoms with Gasteiger partial charge in [0.25, 0.3) is 0 Å². The van der Waals surface area contributed by atoms with Crippen LogP contribution in [-0.2, 0) is 4.79 Å². The van der Waals surface area contributed by atoms with Crippen LogP contribution in [0.15, 0.2) is 78.9 Å². The van der Waals surface area contributed by atoms with Crippen LogP contribution in [0.1, 0.15) is 29.0 Å². The molecule has 3 aromatic rings. The molecule has 0 aliphatic carbocycles. The van der Waals surface area contributed by atoms with Gasteiger partial charge in [0.2, 0.25) is 0 Å². The fourth-order valence-corrected chi connectivity index (χ4v) is 3.21. The molecule has 0 amide bonds. The highest BCUT2D eigenvalue weighted by Crippen LogP contribution is 2.36. The van der Waals surface area contributed by atoms with Crippen LogP contribution < -0.4 is 9.47 Å². The molecule has 0 N–H and O–H groups in total. The summed E-state index contributed by atoms with van der Waals surface area (Å²) >= 11 is 0. The lowest BCUT2D eigenvalue weighted by atomic mass is 9.84. The molecular weight excluding hydrogens is 336 g/mol. The van der Waals surface area contributed by atoms with Crippen LogP contribution in [0.5, 0.6) is 11.5 Å². The summed E-state index contributed by atoms with van der Waals surface area (Å²) in [5.41, 5.74) is 3.69. The Morgan fingerprint density at radius 3 is 1.85 bits per heavy atom. The van der Waals surface area contributed by atoms with Gasteiger partial charge in [0.15, 0.2) is 0 Å². The Hall–Kier alpha value is -3.29. The Morgan fingerprint density at radius 2 is 1.37 bits per heavy atom. The predicted octanol–water partition coefficient (Wildman–Crippen LogP) is 5.14. The third-order valence-electron chi connectivity index (χ3n) is 4.65. The third-order valence-corrected chi connectivity index (χ3v) is 4.65. The number of methoxy groups -OCH3 is 2. The molecule has 0 aliphatic rings. The minimum atomic E-state index is -0.0214. The number of carbonyl (C=O) groups excluding carboxylic acids is 1.